The lowest BCUT2D eigenvalue weighted by atomic mass is 10.1. The lowest BCUT2D eigenvalue weighted by Gasteiger charge is -2.10. The van der Waals surface area contributed by atoms with Gasteiger partial charge in [0.15, 0.2) is 11.6 Å². The van der Waals surface area contributed by atoms with Crippen molar-refractivity contribution in [2.75, 3.05) is 10.6 Å². The van der Waals surface area contributed by atoms with Crippen molar-refractivity contribution in [3.05, 3.63) is 36.3 Å². The fraction of sp³-hybridized carbons (Fsp3) is 0.267. The van der Waals surface area contributed by atoms with Crippen molar-refractivity contribution in [3.63, 3.8) is 0 Å². The van der Waals surface area contributed by atoms with Crippen LogP contribution < -0.4 is 10.6 Å². The molecular formula is C15H17FN8O. The van der Waals surface area contributed by atoms with Crippen LogP contribution in [-0.4, -0.2) is 36.0 Å². The smallest absolute Gasteiger partial charge is 0.308 e. The predicted molar refractivity (Wildman–Crippen MR) is 89.4 cm³/mol. The Morgan fingerprint density at radius 2 is 2.04 bits per heavy atom. The molecule has 10 heteroatoms. The number of benzene rings is 1. The fourth-order valence-electron chi connectivity index (χ4n) is 2.25. The molecule has 0 bridgehead atoms. The first-order valence-electron chi connectivity index (χ1n) is 7.59. The van der Waals surface area contributed by atoms with Crippen molar-refractivity contribution in [2.45, 2.75) is 19.9 Å². The second-order valence-electron chi connectivity index (χ2n) is 5.69. The van der Waals surface area contributed by atoms with Crippen LogP contribution in [0.3, 0.4) is 0 Å². The van der Waals surface area contributed by atoms with Crippen LogP contribution in [0.2, 0.25) is 0 Å². The molecule has 2 aromatic heterocycles. The Balaban J connectivity index is 1.75. The van der Waals surface area contributed by atoms with Crippen LogP contribution in [0.5, 0.6) is 0 Å². The van der Waals surface area contributed by atoms with E-state index in [1.165, 1.54) is 16.8 Å². The van der Waals surface area contributed by atoms with Crippen LogP contribution in [0.1, 0.15) is 19.9 Å². The van der Waals surface area contributed by atoms with Gasteiger partial charge in [0.05, 0.1) is 11.6 Å². The number of carbonyl (C=O) groups is 1. The molecule has 2 amide bonds. The van der Waals surface area contributed by atoms with Crippen molar-refractivity contribution >= 4 is 17.5 Å². The zero-order valence-electron chi connectivity index (χ0n) is 13.9. The second kappa shape index (κ2) is 6.67. The number of carbonyl (C=O) groups excluding carboxylic acids is 1. The van der Waals surface area contributed by atoms with Gasteiger partial charge in [-0.1, -0.05) is 0 Å². The summed E-state index contributed by atoms with van der Waals surface area (Å²) in [5, 5.41) is 20.4. The third-order valence-electron chi connectivity index (χ3n) is 3.41. The molecule has 0 unspecified atom stereocenters. The molecule has 9 nitrogen and oxygen atoms in total. The Morgan fingerprint density at radius 1 is 1.24 bits per heavy atom. The molecule has 0 saturated heterocycles. The molecule has 0 atom stereocenters. The lowest BCUT2D eigenvalue weighted by Crippen LogP contribution is -2.20. The average molecular weight is 344 g/mol. The summed E-state index contributed by atoms with van der Waals surface area (Å²) in [5.41, 5.74) is 0.563. The molecule has 0 spiro atoms. The summed E-state index contributed by atoms with van der Waals surface area (Å²) in [6.45, 7) is 3.80. The Morgan fingerprint density at radius 3 is 2.68 bits per heavy atom. The van der Waals surface area contributed by atoms with E-state index in [0.29, 0.717) is 17.3 Å². The van der Waals surface area contributed by atoms with Crippen LogP contribution in [0.4, 0.5) is 20.7 Å². The number of hydrogen-bond acceptors (Lipinski definition) is 5. The Labute approximate surface area is 142 Å². The first kappa shape index (κ1) is 16.6. The molecule has 25 heavy (non-hydrogen) atoms. The largest absolute Gasteiger partial charge is 0.324 e. The number of aromatic nitrogens is 6. The molecule has 130 valence electrons. The van der Waals surface area contributed by atoms with Gasteiger partial charge >= 0.3 is 6.03 Å². The molecule has 0 aliphatic rings. The summed E-state index contributed by atoms with van der Waals surface area (Å²) in [5.74, 6) is 0.192. The van der Waals surface area contributed by atoms with Gasteiger partial charge in [-0.2, -0.15) is 5.10 Å². The van der Waals surface area contributed by atoms with E-state index in [2.05, 4.69) is 31.3 Å². The van der Waals surface area contributed by atoms with Crippen LogP contribution in [-0.2, 0) is 7.05 Å². The topological polar surface area (TPSA) is 103 Å². The highest BCUT2D eigenvalue weighted by Gasteiger charge is 2.16. The number of aryl methyl sites for hydroxylation is 1. The number of amides is 2. The van der Waals surface area contributed by atoms with E-state index in [1.54, 1.807) is 30.1 Å². The third kappa shape index (κ3) is 3.62. The monoisotopic (exact) mass is 344 g/mol. The Kier molecular flexibility index (Phi) is 4.42. The summed E-state index contributed by atoms with van der Waals surface area (Å²) in [7, 11) is 1.74. The van der Waals surface area contributed by atoms with Crippen LogP contribution in [0, 0.1) is 5.82 Å². The minimum absolute atomic E-state index is 0.00801. The molecule has 0 saturated carbocycles. The number of nitrogens with one attached hydrogen (secondary N) is 2. The van der Waals surface area contributed by atoms with Gasteiger partial charge in [-0.15, -0.1) is 5.10 Å². The van der Waals surface area contributed by atoms with E-state index in [-0.39, 0.29) is 11.6 Å². The van der Waals surface area contributed by atoms with Gasteiger partial charge in [0.2, 0.25) is 0 Å². The number of urea groups is 1. The van der Waals surface area contributed by atoms with E-state index in [9.17, 15) is 9.18 Å². The minimum Gasteiger partial charge on any atom is -0.308 e. The van der Waals surface area contributed by atoms with Crippen LogP contribution in [0.15, 0.2) is 30.5 Å². The summed E-state index contributed by atoms with van der Waals surface area (Å²) in [6.07, 6.45) is 1.70. The van der Waals surface area contributed by atoms with E-state index < -0.39 is 11.8 Å². The zero-order valence-corrected chi connectivity index (χ0v) is 13.9. The highest BCUT2D eigenvalue weighted by atomic mass is 19.1. The number of tetrazole rings is 1. The molecule has 0 aliphatic carbocycles. The minimum atomic E-state index is -0.535. The standard InChI is InChI=1S/C15H17FN8O/c1-9(2)24-14(19-21-22-24)11-5-4-10(8-12(11)16)17-15(25)18-13-6-7-23(3)20-13/h4-9H,1-3H3,(H2,17,18,20,25). The maximum absolute atomic E-state index is 14.4. The van der Waals surface area contributed by atoms with E-state index in [4.69, 9.17) is 0 Å². The van der Waals surface area contributed by atoms with Gasteiger partial charge in [0.25, 0.3) is 0 Å². The molecule has 3 rings (SSSR count). The maximum Gasteiger partial charge on any atom is 0.324 e. The maximum atomic E-state index is 14.4. The normalized spacial score (nSPS) is 10.9. The summed E-state index contributed by atoms with van der Waals surface area (Å²) >= 11 is 0. The van der Waals surface area contributed by atoms with Crippen LogP contribution >= 0.6 is 0 Å². The summed E-state index contributed by atoms with van der Waals surface area (Å²) < 4.78 is 17.5. The van der Waals surface area contributed by atoms with Crippen molar-refractivity contribution in [1.29, 1.82) is 0 Å². The van der Waals surface area contributed by atoms with Gasteiger partial charge in [-0.05, 0) is 42.5 Å². The predicted octanol–water partition coefficient (Wildman–Crippen LogP) is 2.44. The van der Waals surface area contributed by atoms with Gasteiger partial charge in [0.1, 0.15) is 5.82 Å². The van der Waals surface area contributed by atoms with Crippen LogP contribution in [0.25, 0.3) is 11.4 Å². The first-order valence-corrected chi connectivity index (χ1v) is 7.59. The molecule has 1 aromatic carbocycles. The lowest BCUT2D eigenvalue weighted by molar-refractivity contribution is 0.262. The summed E-state index contributed by atoms with van der Waals surface area (Å²) in [4.78, 5) is 11.9. The number of nitrogens with zero attached hydrogens (tertiary/aromatic N) is 6. The Bertz CT molecular complexity index is 901. The third-order valence-corrected chi connectivity index (χ3v) is 3.41. The van der Waals surface area contributed by atoms with E-state index >= 15 is 0 Å². The quantitative estimate of drug-likeness (QED) is 0.757. The first-order chi connectivity index (χ1) is 11.9. The average Bonchev–Trinajstić information content (AvgIpc) is 3.16. The van der Waals surface area contributed by atoms with Crippen molar-refractivity contribution < 1.29 is 9.18 Å². The van der Waals surface area contributed by atoms with E-state index in [0.717, 1.165) is 0 Å². The fourth-order valence-corrected chi connectivity index (χ4v) is 2.25. The number of hydrogen-bond donors (Lipinski definition) is 2. The van der Waals surface area contributed by atoms with Gasteiger partial charge < -0.3 is 5.32 Å². The van der Waals surface area contributed by atoms with E-state index in [1.807, 2.05) is 13.8 Å². The van der Waals surface area contributed by atoms with Gasteiger partial charge in [-0.25, -0.2) is 13.9 Å². The Hall–Kier alpha value is -3.30. The molecular weight excluding hydrogens is 327 g/mol. The number of anilines is 2. The zero-order chi connectivity index (χ0) is 18.0. The second-order valence-corrected chi connectivity index (χ2v) is 5.69. The SMILES string of the molecule is CC(C)n1nnnc1-c1ccc(NC(=O)Nc2ccn(C)n2)cc1F. The molecule has 2 N–H and O–H groups in total. The highest BCUT2D eigenvalue weighted by molar-refractivity contribution is 5.99. The van der Waals surface area contributed by atoms with Gasteiger partial charge in [0, 0.05) is 25.0 Å². The van der Waals surface area contributed by atoms with Gasteiger partial charge in [-0.3, -0.25) is 10.00 Å². The molecule has 0 aliphatic heterocycles. The molecule has 0 radical (unpaired) electrons. The van der Waals surface area contributed by atoms with Crippen molar-refractivity contribution in [2.24, 2.45) is 7.05 Å². The summed E-state index contributed by atoms with van der Waals surface area (Å²) in [6, 6.07) is 5.44. The molecule has 2 heterocycles. The van der Waals surface area contributed by atoms with Crippen molar-refractivity contribution in [1.82, 2.24) is 30.0 Å². The molecule has 3 aromatic rings. The van der Waals surface area contributed by atoms with Crippen molar-refractivity contribution in [3.8, 4) is 11.4 Å². The molecule has 0 fully saturated rings. The highest BCUT2D eigenvalue weighted by Crippen LogP contribution is 2.24. The number of halogens is 1. The number of rotatable bonds is 4.